The highest BCUT2D eigenvalue weighted by Crippen LogP contribution is 2.24. The van der Waals surface area contributed by atoms with Crippen LogP contribution >= 0.6 is 0 Å². The molecule has 0 aliphatic heterocycles. The summed E-state index contributed by atoms with van der Waals surface area (Å²) in [7, 11) is 0. The third kappa shape index (κ3) is 2.27. The second-order valence-electron chi connectivity index (χ2n) is 4.76. The summed E-state index contributed by atoms with van der Waals surface area (Å²) in [4.78, 5) is 0. The number of hydrogen-bond acceptors (Lipinski definition) is 3. The predicted molar refractivity (Wildman–Crippen MR) is 74.8 cm³/mol. The topological polar surface area (TPSA) is 53.9 Å². The van der Waals surface area contributed by atoms with Gasteiger partial charge in [-0.3, -0.25) is 5.10 Å². The molecule has 0 unspecified atom stereocenters. The average molecular weight is 255 g/mol. The highest BCUT2D eigenvalue weighted by molar-refractivity contribution is 5.82. The Morgan fingerprint density at radius 1 is 1.21 bits per heavy atom. The Labute approximate surface area is 111 Å². The van der Waals surface area contributed by atoms with Gasteiger partial charge >= 0.3 is 0 Å². The van der Waals surface area contributed by atoms with Crippen LogP contribution in [0.3, 0.4) is 0 Å². The van der Waals surface area contributed by atoms with Crippen LogP contribution in [0.1, 0.15) is 22.6 Å². The van der Waals surface area contributed by atoms with E-state index >= 15 is 0 Å². The van der Waals surface area contributed by atoms with Crippen LogP contribution in [0.15, 0.2) is 34.9 Å². The first-order chi connectivity index (χ1) is 9.25. The van der Waals surface area contributed by atoms with E-state index in [2.05, 4.69) is 21.6 Å². The number of nitrogens with zero attached hydrogens (tertiary/aromatic N) is 1. The second-order valence-corrected chi connectivity index (χ2v) is 4.76. The maximum atomic E-state index is 5.75. The van der Waals surface area contributed by atoms with Gasteiger partial charge in [0.1, 0.15) is 11.3 Å². The van der Waals surface area contributed by atoms with Crippen LogP contribution in [0.25, 0.3) is 11.0 Å². The van der Waals surface area contributed by atoms with Gasteiger partial charge in [0.05, 0.1) is 6.20 Å². The number of hydrogen-bond donors (Lipinski definition) is 2. The van der Waals surface area contributed by atoms with Crippen molar-refractivity contribution in [2.75, 3.05) is 0 Å². The Balaban J connectivity index is 1.75. The minimum atomic E-state index is 0.799. The van der Waals surface area contributed by atoms with Gasteiger partial charge in [-0.05, 0) is 19.9 Å². The second kappa shape index (κ2) is 4.90. The summed E-state index contributed by atoms with van der Waals surface area (Å²) < 4.78 is 5.75. The molecular formula is C15H17N3O. The van der Waals surface area contributed by atoms with E-state index < -0.39 is 0 Å². The number of aromatic nitrogens is 2. The molecule has 0 amide bonds. The van der Waals surface area contributed by atoms with Crippen LogP contribution in [0.4, 0.5) is 0 Å². The van der Waals surface area contributed by atoms with Gasteiger partial charge < -0.3 is 9.73 Å². The molecule has 2 aromatic heterocycles. The molecule has 4 heteroatoms. The summed E-state index contributed by atoms with van der Waals surface area (Å²) in [6.07, 6.45) is 1.86. The van der Waals surface area contributed by atoms with Crippen molar-refractivity contribution in [2.45, 2.75) is 26.9 Å². The van der Waals surface area contributed by atoms with Crippen LogP contribution in [0, 0.1) is 13.8 Å². The first-order valence-electron chi connectivity index (χ1n) is 6.42. The van der Waals surface area contributed by atoms with E-state index in [0.29, 0.717) is 0 Å². The van der Waals surface area contributed by atoms with E-state index in [1.165, 1.54) is 16.5 Å². The summed E-state index contributed by atoms with van der Waals surface area (Å²) in [5.74, 6) is 0.984. The molecule has 0 saturated carbocycles. The fraction of sp³-hybridized carbons (Fsp3) is 0.267. The number of nitrogens with one attached hydrogen (secondary N) is 2. The molecule has 1 aromatic carbocycles. The van der Waals surface area contributed by atoms with Gasteiger partial charge in [-0.15, -0.1) is 0 Å². The molecule has 0 bridgehead atoms. The highest BCUT2D eigenvalue weighted by Gasteiger charge is 2.10. The van der Waals surface area contributed by atoms with E-state index in [4.69, 9.17) is 4.42 Å². The zero-order valence-corrected chi connectivity index (χ0v) is 11.2. The number of aryl methyl sites for hydroxylation is 2. The molecule has 0 radical (unpaired) electrons. The van der Waals surface area contributed by atoms with Crippen molar-refractivity contribution in [1.82, 2.24) is 15.5 Å². The molecule has 19 heavy (non-hydrogen) atoms. The van der Waals surface area contributed by atoms with E-state index in [9.17, 15) is 0 Å². The Bertz CT molecular complexity index is 696. The smallest absolute Gasteiger partial charge is 0.134 e. The van der Waals surface area contributed by atoms with Gasteiger partial charge in [0.15, 0.2) is 0 Å². The fourth-order valence-corrected chi connectivity index (χ4v) is 2.32. The maximum absolute atomic E-state index is 5.75. The van der Waals surface area contributed by atoms with Gasteiger partial charge in [0, 0.05) is 35.3 Å². The van der Waals surface area contributed by atoms with Crippen LogP contribution in [0.5, 0.6) is 0 Å². The predicted octanol–water partition coefficient (Wildman–Crippen LogP) is 3.06. The lowest BCUT2D eigenvalue weighted by atomic mass is 10.1. The molecule has 0 spiro atoms. The first kappa shape index (κ1) is 12.0. The van der Waals surface area contributed by atoms with Crippen molar-refractivity contribution in [3.63, 3.8) is 0 Å². The molecule has 2 N–H and O–H groups in total. The molecule has 0 fully saturated rings. The third-order valence-corrected chi connectivity index (χ3v) is 3.45. The van der Waals surface area contributed by atoms with Crippen molar-refractivity contribution >= 4 is 11.0 Å². The summed E-state index contributed by atoms with van der Waals surface area (Å²) in [6, 6.07) is 8.15. The largest absolute Gasteiger partial charge is 0.461 e. The molecule has 0 aliphatic rings. The molecule has 0 atom stereocenters. The number of benzene rings is 1. The van der Waals surface area contributed by atoms with E-state index in [0.717, 1.165) is 30.1 Å². The van der Waals surface area contributed by atoms with Crippen molar-refractivity contribution in [3.8, 4) is 0 Å². The molecular weight excluding hydrogens is 238 g/mol. The van der Waals surface area contributed by atoms with Crippen LogP contribution in [-0.2, 0) is 13.1 Å². The van der Waals surface area contributed by atoms with Crippen molar-refractivity contribution < 1.29 is 4.42 Å². The normalized spacial score (nSPS) is 11.3. The molecule has 0 saturated heterocycles. The SMILES string of the molecule is Cc1[nH]ncc1CNCc1c(C)oc2ccccc12. The zero-order chi connectivity index (χ0) is 13.2. The van der Waals surface area contributed by atoms with Crippen LogP contribution in [-0.4, -0.2) is 10.2 Å². The Hall–Kier alpha value is -2.07. The van der Waals surface area contributed by atoms with E-state index in [-0.39, 0.29) is 0 Å². The highest BCUT2D eigenvalue weighted by atomic mass is 16.3. The lowest BCUT2D eigenvalue weighted by Crippen LogP contribution is -2.13. The number of rotatable bonds is 4. The van der Waals surface area contributed by atoms with E-state index in [1.807, 2.05) is 38.2 Å². The average Bonchev–Trinajstić information content (AvgIpc) is 2.94. The summed E-state index contributed by atoms with van der Waals surface area (Å²) in [5, 5.41) is 11.6. The van der Waals surface area contributed by atoms with Gasteiger partial charge in [0.2, 0.25) is 0 Å². The molecule has 3 aromatic rings. The third-order valence-electron chi connectivity index (χ3n) is 3.45. The molecule has 4 nitrogen and oxygen atoms in total. The maximum Gasteiger partial charge on any atom is 0.134 e. The molecule has 3 rings (SSSR count). The van der Waals surface area contributed by atoms with Crippen molar-refractivity contribution in [3.05, 3.63) is 53.0 Å². The first-order valence-corrected chi connectivity index (χ1v) is 6.42. The van der Waals surface area contributed by atoms with Gasteiger partial charge in [-0.25, -0.2) is 0 Å². The Morgan fingerprint density at radius 2 is 2.05 bits per heavy atom. The van der Waals surface area contributed by atoms with Crippen LogP contribution < -0.4 is 5.32 Å². The lowest BCUT2D eigenvalue weighted by molar-refractivity contribution is 0.565. The quantitative estimate of drug-likeness (QED) is 0.753. The summed E-state index contributed by atoms with van der Waals surface area (Å²) >= 11 is 0. The minimum absolute atomic E-state index is 0.799. The number of furan rings is 1. The summed E-state index contributed by atoms with van der Waals surface area (Å²) in [5.41, 5.74) is 4.50. The molecule has 2 heterocycles. The summed E-state index contributed by atoms with van der Waals surface area (Å²) in [6.45, 7) is 5.65. The van der Waals surface area contributed by atoms with E-state index in [1.54, 1.807) is 0 Å². The fourth-order valence-electron chi connectivity index (χ4n) is 2.32. The van der Waals surface area contributed by atoms with Crippen molar-refractivity contribution in [2.24, 2.45) is 0 Å². The Morgan fingerprint density at radius 3 is 2.84 bits per heavy atom. The monoisotopic (exact) mass is 255 g/mol. The van der Waals surface area contributed by atoms with Crippen molar-refractivity contribution in [1.29, 1.82) is 0 Å². The number of aromatic amines is 1. The van der Waals surface area contributed by atoms with Gasteiger partial charge in [-0.2, -0.15) is 5.10 Å². The number of para-hydroxylation sites is 1. The number of H-pyrrole nitrogens is 1. The zero-order valence-electron chi connectivity index (χ0n) is 11.2. The van der Waals surface area contributed by atoms with Gasteiger partial charge in [-0.1, -0.05) is 18.2 Å². The lowest BCUT2D eigenvalue weighted by Gasteiger charge is -2.03. The minimum Gasteiger partial charge on any atom is -0.461 e. The van der Waals surface area contributed by atoms with Crippen LogP contribution in [0.2, 0.25) is 0 Å². The standard InChI is InChI=1S/C15H17N3O/c1-10-12(8-17-18-10)7-16-9-14-11(2)19-15-6-4-3-5-13(14)15/h3-6,8,16H,7,9H2,1-2H3,(H,17,18). The molecule has 98 valence electrons. The number of fused-ring (bicyclic) bond motifs is 1. The molecule has 0 aliphatic carbocycles. The van der Waals surface area contributed by atoms with Gasteiger partial charge in [0.25, 0.3) is 0 Å². The Kier molecular flexibility index (Phi) is 3.09.